The first-order valence-corrected chi connectivity index (χ1v) is 17.2. The van der Waals surface area contributed by atoms with Crippen molar-refractivity contribution >= 4 is 11.8 Å². The Kier molecular flexibility index (Phi) is 29.8. The fourth-order valence-corrected chi connectivity index (χ4v) is 5.15. The normalized spacial score (nSPS) is 13.1. The Morgan fingerprint density at radius 1 is 0.650 bits per heavy atom. The number of allylic oxidation sites excluding steroid dienone is 2. The summed E-state index contributed by atoms with van der Waals surface area (Å²) in [6.45, 7) is 3.84. The number of hydrogen-bond acceptors (Lipinski definition) is 5. The van der Waals surface area contributed by atoms with E-state index < -0.39 is 18.7 Å². The molecule has 0 heterocycles. The molecule has 0 fully saturated rings. The molecule has 0 bridgehead atoms. The molecule has 2 N–H and O–H groups in total. The molecule has 2 unspecified atom stereocenters. The van der Waals surface area contributed by atoms with Crippen molar-refractivity contribution in [1.82, 2.24) is 0 Å². The molecule has 0 aliphatic carbocycles. The zero-order valence-corrected chi connectivity index (χ0v) is 26.5. The zero-order chi connectivity index (χ0) is 29.5. The number of ketones is 1. The number of ether oxygens (including phenoxy) is 1. The highest BCUT2D eigenvalue weighted by atomic mass is 16.5. The van der Waals surface area contributed by atoms with Gasteiger partial charge in [-0.1, -0.05) is 135 Å². The van der Waals surface area contributed by atoms with Gasteiger partial charge in [0.05, 0.1) is 13.0 Å². The van der Waals surface area contributed by atoms with Gasteiger partial charge in [0.15, 0.2) is 0 Å². The zero-order valence-electron chi connectivity index (χ0n) is 26.5. The molecule has 0 aromatic rings. The third-order valence-electron chi connectivity index (χ3n) is 7.86. The molecule has 0 saturated heterocycles. The molecule has 5 heteroatoms. The van der Waals surface area contributed by atoms with E-state index in [1.54, 1.807) is 0 Å². The summed E-state index contributed by atoms with van der Waals surface area (Å²) in [6.07, 6.45) is 32.0. The molecule has 0 aliphatic heterocycles. The van der Waals surface area contributed by atoms with E-state index >= 15 is 0 Å². The van der Waals surface area contributed by atoms with Crippen LogP contribution in [0.3, 0.4) is 0 Å². The molecular weight excluding hydrogens is 500 g/mol. The Labute approximate surface area is 247 Å². The van der Waals surface area contributed by atoms with E-state index in [4.69, 9.17) is 9.84 Å². The summed E-state index contributed by atoms with van der Waals surface area (Å²) in [4.78, 5) is 25.3. The summed E-state index contributed by atoms with van der Waals surface area (Å²) >= 11 is 0. The van der Waals surface area contributed by atoms with Gasteiger partial charge >= 0.3 is 5.97 Å². The molecule has 2 atom stereocenters. The molecule has 5 nitrogen and oxygen atoms in total. The molecule has 0 aromatic carbocycles. The van der Waals surface area contributed by atoms with Gasteiger partial charge in [0.2, 0.25) is 0 Å². The molecule has 0 saturated carbocycles. The van der Waals surface area contributed by atoms with E-state index in [9.17, 15) is 14.7 Å². The first-order valence-electron chi connectivity index (χ1n) is 17.2. The monoisotopic (exact) mass is 566 g/mol. The lowest BCUT2D eigenvalue weighted by Gasteiger charge is -2.16. The number of carbonyl (C=O) groups is 2. The highest BCUT2D eigenvalue weighted by Crippen LogP contribution is 2.20. The minimum atomic E-state index is -1.07. The van der Waals surface area contributed by atoms with E-state index in [-0.39, 0.29) is 24.7 Å². The highest BCUT2D eigenvalue weighted by molar-refractivity contribution is 5.85. The summed E-state index contributed by atoms with van der Waals surface area (Å²) in [5.41, 5.74) is 0. The molecule has 0 aromatic heterocycles. The van der Waals surface area contributed by atoms with Crippen LogP contribution < -0.4 is 0 Å². The summed E-state index contributed by atoms with van der Waals surface area (Å²) in [6, 6.07) is 0. The van der Waals surface area contributed by atoms with Crippen molar-refractivity contribution in [3.05, 3.63) is 12.2 Å². The number of esters is 1. The second kappa shape index (κ2) is 30.8. The van der Waals surface area contributed by atoms with Crippen LogP contribution in [-0.4, -0.2) is 41.3 Å². The summed E-state index contributed by atoms with van der Waals surface area (Å²) in [5.74, 6) is -0.582. The molecule has 236 valence electrons. The van der Waals surface area contributed by atoms with Crippen molar-refractivity contribution in [3.63, 3.8) is 0 Å². The van der Waals surface area contributed by atoms with Crippen LogP contribution in [0.25, 0.3) is 0 Å². The van der Waals surface area contributed by atoms with E-state index in [0.29, 0.717) is 6.42 Å². The average molecular weight is 567 g/mol. The van der Waals surface area contributed by atoms with Crippen LogP contribution in [0.15, 0.2) is 12.2 Å². The van der Waals surface area contributed by atoms with Gasteiger partial charge in [-0.3, -0.25) is 9.59 Å². The average Bonchev–Trinajstić information content (AvgIpc) is 2.96. The van der Waals surface area contributed by atoms with E-state index in [2.05, 4.69) is 26.0 Å². The molecule has 0 rings (SSSR count). The second-order valence-electron chi connectivity index (χ2n) is 11.8. The number of rotatable bonds is 31. The predicted octanol–water partition coefficient (Wildman–Crippen LogP) is 9.42. The number of aliphatic hydroxyl groups excluding tert-OH is 2. The maximum absolute atomic E-state index is 13.0. The van der Waals surface area contributed by atoms with Crippen LogP contribution in [0.4, 0.5) is 0 Å². The Bertz CT molecular complexity index is 588. The lowest BCUT2D eigenvalue weighted by Crippen LogP contribution is -2.25. The van der Waals surface area contributed by atoms with E-state index in [0.717, 1.165) is 44.9 Å². The molecule has 0 spiro atoms. The fourth-order valence-electron chi connectivity index (χ4n) is 5.15. The van der Waals surface area contributed by atoms with Gasteiger partial charge in [-0.15, -0.1) is 0 Å². The minimum absolute atomic E-state index is 0.0766. The standard InChI is InChI=1S/C35H66O5/c1-3-5-7-9-11-13-15-16-18-19-21-23-25-27-32(29-35(39)40-31-33(37)30-36)34(38)28-26-24-22-20-17-14-12-10-8-6-4-2/h16,18,32-33,36-37H,3-15,17,19-31H2,1-2H3. The lowest BCUT2D eigenvalue weighted by molar-refractivity contribution is -0.150. The van der Waals surface area contributed by atoms with Gasteiger partial charge in [-0.05, 0) is 38.5 Å². The largest absolute Gasteiger partial charge is 0.463 e. The summed E-state index contributed by atoms with van der Waals surface area (Å²) in [7, 11) is 0. The lowest BCUT2D eigenvalue weighted by atomic mass is 9.90. The first-order chi connectivity index (χ1) is 19.5. The Balaban J connectivity index is 4.19. The van der Waals surface area contributed by atoms with E-state index in [1.807, 2.05) is 0 Å². The Morgan fingerprint density at radius 3 is 1.60 bits per heavy atom. The predicted molar refractivity (Wildman–Crippen MR) is 168 cm³/mol. The van der Waals surface area contributed by atoms with Crippen LogP contribution in [0.5, 0.6) is 0 Å². The highest BCUT2D eigenvalue weighted by Gasteiger charge is 2.22. The van der Waals surface area contributed by atoms with Crippen molar-refractivity contribution in [2.75, 3.05) is 13.2 Å². The van der Waals surface area contributed by atoms with Crippen molar-refractivity contribution in [2.45, 2.75) is 180 Å². The summed E-state index contributed by atoms with van der Waals surface area (Å²) < 4.78 is 5.10. The molecule has 0 radical (unpaired) electrons. The Morgan fingerprint density at radius 2 is 1.10 bits per heavy atom. The quantitative estimate of drug-likeness (QED) is 0.0496. The first kappa shape index (κ1) is 38.8. The molecule has 0 amide bonds. The van der Waals surface area contributed by atoms with Crippen molar-refractivity contribution < 1.29 is 24.5 Å². The number of unbranched alkanes of at least 4 members (excludes halogenated alkanes) is 19. The number of aliphatic hydroxyl groups is 2. The van der Waals surface area contributed by atoms with Crippen molar-refractivity contribution in [1.29, 1.82) is 0 Å². The molecular formula is C35H66O5. The Hall–Kier alpha value is -1.20. The van der Waals surface area contributed by atoms with Gasteiger partial charge in [0, 0.05) is 12.3 Å². The van der Waals surface area contributed by atoms with Crippen LogP contribution in [0.1, 0.15) is 174 Å². The van der Waals surface area contributed by atoms with Gasteiger partial charge in [0.1, 0.15) is 18.5 Å². The van der Waals surface area contributed by atoms with Gasteiger partial charge < -0.3 is 14.9 Å². The third-order valence-corrected chi connectivity index (χ3v) is 7.86. The fraction of sp³-hybridized carbons (Fsp3) is 0.886. The smallest absolute Gasteiger partial charge is 0.306 e. The van der Waals surface area contributed by atoms with E-state index in [1.165, 1.54) is 103 Å². The SMILES string of the molecule is CCCCCCCCC=CCCCCCC(CC(=O)OCC(O)CO)C(=O)CCCCCCCCCCCCC. The summed E-state index contributed by atoms with van der Waals surface area (Å²) in [5, 5.41) is 18.4. The number of carbonyl (C=O) groups excluding carboxylic acids is 2. The van der Waals surface area contributed by atoms with Crippen molar-refractivity contribution in [3.8, 4) is 0 Å². The van der Waals surface area contributed by atoms with Crippen molar-refractivity contribution in [2.24, 2.45) is 5.92 Å². The maximum Gasteiger partial charge on any atom is 0.306 e. The topological polar surface area (TPSA) is 83.8 Å². The van der Waals surface area contributed by atoms with Gasteiger partial charge in [0.25, 0.3) is 0 Å². The van der Waals surface area contributed by atoms with Crippen LogP contribution >= 0.6 is 0 Å². The van der Waals surface area contributed by atoms with Gasteiger partial charge in [-0.25, -0.2) is 0 Å². The molecule has 0 aliphatic rings. The van der Waals surface area contributed by atoms with Crippen LogP contribution in [-0.2, 0) is 14.3 Å². The third kappa shape index (κ3) is 27.0. The number of Topliss-reactive ketones (excluding diaryl/α,β-unsaturated/α-hetero) is 1. The maximum atomic E-state index is 13.0. The minimum Gasteiger partial charge on any atom is -0.463 e. The second-order valence-corrected chi connectivity index (χ2v) is 11.8. The molecule has 40 heavy (non-hydrogen) atoms. The number of hydrogen-bond donors (Lipinski definition) is 2. The van der Waals surface area contributed by atoms with Crippen LogP contribution in [0, 0.1) is 5.92 Å². The van der Waals surface area contributed by atoms with Gasteiger partial charge in [-0.2, -0.15) is 0 Å². The van der Waals surface area contributed by atoms with Crippen LogP contribution in [0.2, 0.25) is 0 Å².